The molecule has 1 rings (SSSR count). The number of hydrogen-bond acceptors (Lipinski definition) is 3. The molecule has 1 aromatic rings. The number of aryl methyl sites for hydroxylation is 2. The lowest BCUT2D eigenvalue weighted by atomic mass is 10.1. The van der Waals surface area contributed by atoms with Gasteiger partial charge in [0.15, 0.2) is 0 Å². The highest BCUT2D eigenvalue weighted by atomic mass is 15.3. The Morgan fingerprint density at radius 3 is 2.69 bits per heavy atom. The van der Waals surface area contributed by atoms with E-state index >= 15 is 0 Å². The first-order chi connectivity index (χ1) is 7.56. The number of hydrogen-bond donors (Lipinski definition) is 1. The second-order valence-electron chi connectivity index (χ2n) is 4.54. The molecule has 1 unspecified atom stereocenters. The van der Waals surface area contributed by atoms with Gasteiger partial charge >= 0.3 is 0 Å². The summed E-state index contributed by atoms with van der Waals surface area (Å²) in [6.07, 6.45) is 1.03. The van der Waals surface area contributed by atoms with Crippen LogP contribution in [0, 0.1) is 6.92 Å². The van der Waals surface area contributed by atoms with Crippen LogP contribution in [0.2, 0.25) is 0 Å². The molecule has 0 fully saturated rings. The number of likely N-dealkylation sites (N-methyl/N-ethyl adjacent to an activating group) is 2. The molecule has 0 radical (unpaired) electrons. The Hall–Kier alpha value is -0.870. The van der Waals surface area contributed by atoms with E-state index in [1.165, 1.54) is 5.69 Å². The van der Waals surface area contributed by atoms with Gasteiger partial charge in [0, 0.05) is 31.2 Å². The van der Waals surface area contributed by atoms with Gasteiger partial charge in [-0.25, -0.2) is 0 Å². The maximum absolute atomic E-state index is 4.47. The predicted molar refractivity (Wildman–Crippen MR) is 67.7 cm³/mol. The molecule has 4 heteroatoms. The molecule has 16 heavy (non-hydrogen) atoms. The molecular formula is C12H24N4. The Labute approximate surface area is 98.6 Å². The Kier molecular flexibility index (Phi) is 4.96. The summed E-state index contributed by atoms with van der Waals surface area (Å²) in [5.41, 5.74) is 2.43. The summed E-state index contributed by atoms with van der Waals surface area (Å²) in [5.74, 6) is 0. The van der Waals surface area contributed by atoms with Gasteiger partial charge < -0.3 is 10.2 Å². The fourth-order valence-corrected chi connectivity index (χ4v) is 1.99. The van der Waals surface area contributed by atoms with Crippen LogP contribution in [0.3, 0.4) is 0 Å². The van der Waals surface area contributed by atoms with Crippen molar-refractivity contribution in [1.82, 2.24) is 20.0 Å². The summed E-state index contributed by atoms with van der Waals surface area (Å²) < 4.78 is 2.09. The van der Waals surface area contributed by atoms with E-state index in [1.54, 1.807) is 0 Å². The lowest BCUT2D eigenvalue weighted by Crippen LogP contribution is -2.38. The largest absolute Gasteiger partial charge is 0.315 e. The van der Waals surface area contributed by atoms with Crippen LogP contribution in [-0.4, -0.2) is 48.4 Å². The maximum Gasteiger partial charge on any atom is 0.0596 e. The third-order valence-electron chi connectivity index (χ3n) is 2.73. The summed E-state index contributed by atoms with van der Waals surface area (Å²) in [6, 6.07) is 2.67. The van der Waals surface area contributed by atoms with Crippen molar-refractivity contribution in [1.29, 1.82) is 0 Å². The SMILES string of the molecule is CCn1nc(C)cc1CC(CN(C)C)NC. The lowest BCUT2D eigenvalue weighted by molar-refractivity contribution is 0.343. The molecule has 0 aliphatic heterocycles. The van der Waals surface area contributed by atoms with Crippen molar-refractivity contribution in [3.63, 3.8) is 0 Å². The average Bonchev–Trinajstić information content (AvgIpc) is 2.57. The molecule has 0 aliphatic rings. The minimum absolute atomic E-state index is 0.483. The topological polar surface area (TPSA) is 33.1 Å². The fraction of sp³-hybridized carbons (Fsp3) is 0.750. The van der Waals surface area contributed by atoms with E-state index in [4.69, 9.17) is 0 Å². The second kappa shape index (κ2) is 6.01. The van der Waals surface area contributed by atoms with E-state index in [0.717, 1.165) is 25.2 Å². The number of nitrogens with zero attached hydrogens (tertiary/aromatic N) is 3. The highest BCUT2D eigenvalue weighted by molar-refractivity contribution is 5.10. The molecule has 0 saturated heterocycles. The van der Waals surface area contributed by atoms with Gasteiger partial charge in [0.1, 0.15) is 0 Å². The van der Waals surface area contributed by atoms with Crippen LogP contribution in [0.5, 0.6) is 0 Å². The van der Waals surface area contributed by atoms with Crippen molar-refractivity contribution in [3.05, 3.63) is 17.5 Å². The van der Waals surface area contributed by atoms with E-state index in [2.05, 4.69) is 54.0 Å². The van der Waals surface area contributed by atoms with Gasteiger partial charge in [-0.2, -0.15) is 5.10 Å². The molecule has 1 atom stereocenters. The number of aromatic nitrogens is 2. The van der Waals surface area contributed by atoms with Crippen molar-refractivity contribution in [2.45, 2.75) is 32.9 Å². The molecule has 0 saturated carbocycles. The van der Waals surface area contributed by atoms with Gasteiger partial charge in [-0.3, -0.25) is 4.68 Å². The van der Waals surface area contributed by atoms with Gasteiger partial charge in [0.2, 0.25) is 0 Å². The molecule has 4 nitrogen and oxygen atoms in total. The van der Waals surface area contributed by atoms with E-state index in [0.29, 0.717) is 6.04 Å². The third kappa shape index (κ3) is 3.61. The summed E-state index contributed by atoms with van der Waals surface area (Å²) in [6.45, 7) is 6.18. The van der Waals surface area contributed by atoms with E-state index in [-0.39, 0.29) is 0 Å². The molecule has 1 heterocycles. The smallest absolute Gasteiger partial charge is 0.0596 e. The zero-order valence-corrected chi connectivity index (χ0v) is 11.1. The first kappa shape index (κ1) is 13.2. The van der Waals surface area contributed by atoms with Crippen molar-refractivity contribution in [2.24, 2.45) is 0 Å². The van der Waals surface area contributed by atoms with Crippen LogP contribution in [0.25, 0.3) is 0 Å². The molecular weight excluding hydrogens is 200 g/mol. The summed E-state index contributed by atoms with van der Waals surface area (Å²) in [4.78, 5) is 2.21. The summed E-state index contributed by atoms with van der Waals surface area (Å²) in [5, 5.41) is 7.83. The van der Waals surface area contributed by atoms with E-state index in [9.17, 15) is 0 Å². The zero-order chi connectivity index (χ0) is 12.1. The molecule has 0 aliphatic carbocycles. The molecule has 1 N–H and O–H groups in total. The second-order valence-corrected chi connectivity index (χ2v) is 4.54. The summed E-state index contributed by atoms with van der Waals surface area (Å²) >= 11 is 0. The quantitative estimate of drug-likeness (QED) is 0.779. The van der Waals surface area contributed by atoms with Crippen molar-refractivity contribution < 1.29 is 0 Å². The van der Waals surface area contributed by atoms with Crippen LogP contribution >= 0.6 is 0 Å². The molecule has 1 aromatic heterocycles. The molecule has 0 aromatic carbocycles. The van der Waals surface area contributed by atoms with Crippen molar-refractivity contribution in [2.75, 3.05) is 27.7 Å². The fourth-order valence-electron chi connectivity index (χ4n) is 1.99. The maximum atomic E-state index is 4.47. The molecule has 0 bridgehead atoms. The summed E-state index contributed by atoms with van der Waals surface area (Å²) in [7, 11) is 6.23. The zero-order valence-electron chi connectivity index (χ0n) is 11.1. The highest BCUT2D eigenvalue weighted by Crippen LogP contribution is 2.07. The monoisotopic (exact) mass is 224 g/mol. The predicted octanol–water partition coefficient (Wildman–Crippen LogP) is 0.904. The first-order valence-corrected chi connectivity index (χ1v) is 5.92. The Balaban J connectivity index is 2.69. The standard InChI is InChI=1S/C12H24N4/c1-6-16-12(7-10(2)14-16)8-11(13-3)9-15(4)5/h7,11,13H,6,8-9H2,1-5H3. The van der Waals surface area contributed by atoms with Gasteiger partial charge in [-0.05, 0) is 41.1 Å². The highest BCUT2D eigenvalue weighted by Gasteiger charge is 2.12. The van der Waals surface area contributed by atoms with Crippen LogP contribution in [0.1, 0.15) is 18.3 Å². The Morgan fingerprint density at radius 1 is 1.50 bits per heavy atom. The lowest BCUT2D eigenvalue weighted by Gasteiger charge is -2.20. The number of nitrogens with one attached hydrogen (secondary N) is 1. The Morgan fingerprint density at radius 2 is 2.19 bits per heavy atom. The minimum Gasteiger partial charge on any atom is -0.315 e. The molecule has 0 amide bonds. The van der Waals surface area contributed by atoms with Gasteiger partial charge in [-0.15, -0.1) is 0 Å². The Bertz CT molecular complexity index is 317. The van der Waals surface area contributed by atoms with Crippen LogP contribution in [0.4, 0.5) is 0 Å². The van der Waals surface area contributed by atoms with E-state index in [1.807, 2.05) is 7.05 Å². The minimum atomic E-state index is 0.483. The van der Waals surface area contributed by atoms with E-state index < -0.39 is 0 Å². The van der Waals surface area contributed by atoms with Gasteiger partial charge in [0.05, 0.1) is 5.69 Å². The van der Waals surface area contributed by atoms with Crippen molar-refractivity contribution >= 4 is 0 Å². The molecule has 92 valence electrons. The van der Waals surface area contributed by atoms with Gasteiger partial charge in [-0.1, -0.05) is 0 Å². The third-order valence-corrected chi connectivity index (χ3v) is 2.73. The normalized spacial score (nSPS) is 13.4. The van der Waals surface area contributed by atoms with Crippen LogP contribution in [-0.2, 0) is 13.0 Å². The average molecular weight is 224 g/mol. The van der Waals surface area contributed by atoms with Crippen LogP contribution < -0.4 is 5.32 Å². The first-order valence-electron chi connectivity index (χ1n) is 5.92. The van der Waals surface area contributed by atoms with Crippen molar-refractivity contribution in [3.8, 4) is 0 Å². The molecule has 0 spiro atoms. The number of rotatable bonds is 6. The van der Waals surface area contributed by atoms with Gasteiger partial charge in [0.25, 0.3) is 0 Å². The van der Waals surface area contributed by atoms with Crippen LogP contribution in [0.15, 0.2) is 6.07 Å².